The van der Waals surface area contributed by atoms with Gasteiger partial charge in [0.1, 0.15) is 0 Å². The van der Waals surface area contributed by atoms with Crippen molar-refractivity contribution in [3.05, 3.63) is 6.92 Å². The van der Waals surface area contributed by atoms with E-state index in [4.69, 9.17) is 0 Å². The molecule has 0 N–H and O–H groups in total. The topological polar surface area (TPSA) is 0 Å². The first-order valence-electron chi connectivity index (χ1n) is 8.49. The van der Waals surface area contributed by atoms with Crippen LogP contribution < -0.4 is 0 Å². The van der Waals surface area contributed by atoms with Gasteiger partial charge < -0.3 is 0 Å². The average Bonchev–Trinajstić information content (AvgIpc) is 2.36. The summed E-state index contributed by atoms with van der Waals surface area (Å²) in [5.41, 5.74) is 0. The first-order valence-corrected chi connectivity index (χ1v) is 8.49. The molecule has 0 aromatic heterocycles. The second-order valence-electron chi connectivity index (χ2n) is 6.34. The summed E-state index contributed by atoms with van der Waals surface area (Å²) in [6, 6.07) is 0. The quantitative estimate of drug-likeness (QED) is 0.317. The van der Waals surface area contributed by atoms with Gasteiger partial charge in [-0.2, -0.15) is 0 Å². The number of unbranched alkanes of at least 4 members (excludes halogenated alkanes) is 6. The predicted octanol–water partition coefficient (Wildman–Crippen LogP) is 6.79. The van der Waals surface area contributed by atoms with Crippen molar-refractivity contribution in [2.75, 3.05) is 0 Å². The van der Waals surface area contributed by atoms with Crippen molar-refractivity contribution in [2.45, 2.75) is 97.8 Å². The Balaban J connectivity index is 3.31. The third kappa shape index (κ3) is 12.5. The summed E-state index contributed by atoms with van der Waals surface area (Å²) in [6.07, 6.45) is 16.7. The Labute approximate surface area is 117 Å². The fourth-order valence-corrected chi connectivity index (χ4v) is 2.62. The molecule has 2 atom stereocenters. The highest BCUT2D eigenvalue weighted by atomic mass is 14.1. The lowest BCUT2D eigenvalue weighted by Crippen LogP contribution is -2.01. The van der Waals surface area contributed by atoms with Crippen LogP contribution in [0.15, 0.2) is 0 Å². The summed E-state index contributed by atoms with van der Waals surface area (Å²) in [6.45, 7) is 11.1. The van der Waals surface area contributed by atoms with Gasteiger partial charge in [0.2, 0.25) is 0 Å². The van der Waals surface area contributed by atoms with Gasteiger partial charge in [0, 0.05) is 0 Å². The van der Waals surface area contributed by atoms with Crippen LogP contribution in [0.1, 0.15) is 97.8 Å². The molecule has 0 saturated heterocycles. The highest BCUT2D eigenvalue weighted by Crippen LogP contribution is 2.21. The van der Waals surface area contributed by atoms with Gasteiger partial charge in [-0.25, -0.2) is 0 Å². The normalized spacial score (nSPS) is 14.7. The van der Waals surface area contributed by atoms with Crippen LogP contribution in [-0.2, 0) is 0 Å². The van der Waals surface area contributed by atoms with Crippen molar-refractivity contribution in [3.63, 3.8) is 0 Å². The van der Waals surface area contributed by atoms with Gasteiger partial charge in [0.05, 0.1) is 0 Å². The smallest absolute Gasteiger partial charge is 0.0443 e. The molecule has 0 bridgehead atoms. The van der Waals surface area contributed by atoms with Gasteiger partial charge in [0.15, 0.2) is 0 Å². The molecule has 109 valence electrons. The molecule has 0 aliphatic rings. The van der Waals surface area contributed by atoms with Gasteiger partial charge in [-0.05, 0) is 11.8 Å². The third-order valence-electron chi connectivity index (χ3n) is 4.15. The first kappa shape index (κ1) is 18.0. The van der Waals surface area contributed by atoms with E-state index < -0.39 is 0 Å². The molecule has 0 aliphatic carbocycles. The molecule has 2 unspecified atom stereocenters. The maximum atomic E-state index is 3.90. The standard InChI is InChI=1S/C18H37/c1-5-7-9-10-12-14-18(4)16-15-17(3)13-11-8-6-2/h17-18H,1,5-16H2,2-4H3. The largest absolute Gasteiger partial charge is 0.0654 e. The van der Waals surface area contributed by atoms with Crippen LogP contribution in [-0.4, -0.2) is 0 Å². The van der Waals surface area contributed by atoms with Gasteiger partial charge in [-0.3, -0.25) is 0 Å². The molecule has 0 heteroatoms. The zero-order valence-corrected chi connectivity index (χ0v) is 13.3. The zero-order valence-electron chi connectivity index (χ0n) is 13.3. The summed E-state index contributed by atoms with van der Waals surface area (Å²) in [4.78, 5) is 0. The fraction of sp³-hybridized carbons (Fsp3) is 0.944. The molecule has 1 radical (unpaired) electrons. The van der Waals surface area contributed by atoms with Crippen LogP contribution in [0.4, 0.5) is 0 Å². The maximum absolute atomic E-state index is 3.90. The van der Waals surface area contributed by atoms with E-state index in [9.17, 15) is 0 Å². The molecule has 0 spiro atoms. The molecule has 0 nitrogen and oxygen atoms in total. The summed E-state index contributed by atoms with van der Waals surface area (Å²) in [5, 5.41) is 0. The van der Waals surface area contributed by atoms with Crippen molar-refractivity contribution in [1.29, 1.82) is 0 Å². The van der Waals surface area contributed by atoms with E-state index in [1.54, 1.807) is 0 Å². The summed E-state index contributed by atoms with van der Waals surface area (Å²) < 4.78 is 0. The molecule has 0 heterocycles. The Morgan fingerprint density at radius 1 is 0.667 bits per heavy atom. The third-order valence-corrected chi connectivity index (χ3v) is 4.15. The molecule has 0 aromatic carbocycles. The Hall–Kier alpha value is 0. The number of hydrogen-bond acceptors (Lipinski definition) is 0. The van der Waals surface area contributed by atoms with Gasteiger partial charge in [-0.1, -0.05) is 105 Å². The Morgan fingerprint density at radius 3 is 1.67 bits per heavy atom. The van der Waals surface area contributed by atoms with E-state index in [-0.39, 0.29) is 0 Å². The predicted molar refractivity (Wildman–Crippen MR) is 84.8 cm³/mol. The van der Waals surface area contributed by atoms with Crippen molar-refractivity contribution in [1.82, 2.24) is 0 Å². The highest BCUT2D eigenvalue weighted by molar-refractivity contribution is 4.59. The highest BCUT2D eigenvalue weighted by Gasteiger charge is 2.06. The van der Waals surface area contributed by atoms with Crippen LogP contribution in [0.3, 0.4) is 0 Å². The van der Waals surface area contributed by atoms with Crippen LogP contribution in [0, 0.1) is 18.8 Å². The van der Waals surface area contributed by atoms with E-state index in [0.717, 1.165) is 18.3 Å². The lowest BCUT2D eigenvalue weighted by molar-refractivity contribution is 0.379. The van der Waals surface area contributed by atoms with Crippen molar-refractivity contribution in [3.8, 4) is 0 Å². The Bertz CT molecular complexity index is 150. The summed E-state index contributed by atoms with van der Waals surface area (Å²) in [5.74, 6) is 1.89. The molecule has 0 amide bonds. The molecular weight excluding hydrogens is 216 g/mol. The summed E-state index contributed by atoms with van der Waals surface area (Å²) in [7, 11) is 0. The Morgan fingerprint density at radius 2 is 1.17 bits per heavy atom. The maximum Gasteiger partial charge on any atom is -0.0443 e. The van der Waals surface area contributed by atoms with Crippen LogP contribution >= 0.6 is 0 Å². The average molecular weight is 253 g/mol. The minimum atomic E-state index is 0.943. The van der Waals surface area contributed by atoms with Crippen LogP contribution in [0.25, 0.3) is 0 Å². The van der Waals surface area contributed by atoms with E-state index >= 15 is 0 Å². The van der Waals surface area contributed by atoms with Crippen molar-refractivity contribution in [2.24, 2.45) is 11.8 Å². The van der Waals surface area contributed by atoms with E-state index in [1.165, 1.54) is 70.6 Å². The first-order chi connectivity index (χ1) is 8.70. The summed E-state index contributed by atoms with van der Waals surface area (Å²) >= 11 is 0. The molecule has 0 fully saturated rings. The molecule has 0 rings (SSSR count). The zero-order chi connectivity index (χ0) is 13.6. The van der Waals surface area contributed by atoms with E-state index in [0.29, 0.717) is 0 Å². The second-order valence-corrected chi connectivity index (χ2v) is 6.34. The second kappa shape index (κ2) is 13.4. The molecule has 0 aliphatic heterocycles. The van der Waals surface area contributed by atoms with Gasteiger partial charge in [0.25, 0.3) is 0 Å². The minimum absolute atomic E-state index is 0.943. The van der Waals surface area contributed by atoms with Crippen LogP contribution in [0.5, 0.6) is 0 Å². The van der Waals surface area contributed by atoms with E-state index in [1.807, 2.05) is 0 Å². The lowest BCUT2D eigenvalue weighted by Gasteiger charge is -2.15. The minimum Gasteiger partial charge on any atom is -0.0654 e. The molecule has 18 heavy (non-hydrogen) atoms. The SMILES string of the molecule is [CH2]CCCCCCC(C)CCC(C)CCCCC. The van der Waals surface area contributed by atoms with Gasteiger partial charge in [-0.15, -0.1) is 0 Å². The molecular formula is C18H37. The Kier molecular flexibility index (Phi) is 13.4. The lowest BCUT2D eigenvalue weighted by atomic mass is 9.91. The van der Waals surface area contributed by atoms with E-state index in [2.05, 4.69) is 27.7 Å². The van der Waals surface area contributed by atoms with Gasteiger partial charge >= 0.3 is 0 Å². The molecule has 0 aromatic rings. The fourth-order valence-electron chi connectivity index (χ4n) is 2.62. The van der Waals surface area contributed by atoms with Crippen LogP contribution in [0.2, 0.25) is 0 Å². The number of rotatable bonds is 13. The number of hydrogen-bond donors (Lipinski definition) is 0. The van der Waals surface area contributed by atoms with Crippen molar-refractivity contribution >= 4 is 0 Å². The van der Waals surface area contributed by atoms with Crippen molar-refractivity contribution < 1.29 is 0 Å². The monoisotopic (exact) mass is 253 g/mol. The molecule has 0 saturated carbocycles.